The first kappa shape index (κ1) is 15.0. The van der Waals surface area contributed by atoms with Gasteiger partial charge >= 0.3 is 0 Å². The highest BCUT2D eigenvalue weighted by Crippen LogP contribution is 2.51. The molecule has 0 saturated heterocycles. The highest BCUT2D eigenvalue weighted by molar-refractivity contribution is 8.17. The van der Waals surface area contributed by atoms with Crippen LogP contribution in [0.3, 0.4) is 0 Å². The molecule has 0 aliphatic carbocycles. The quantitative estimate of drug-likeness (QED) is 0.593. The smallest absolute Gasteiger partial charge is 0.118 e. The third-order valence-electron chi connectivity index (χ3n) is 3.43. The number of thiol groups is 1. The lowest BCUT2D eigenvalue weighted by atomic mass is 10.3. The summed E-state index contributed by atoms with van der Waals surface area (Å²) < 4.78 is 5.27. The summed E-state index contributed by atoms with van der Waals surface area (Å²) >= 11 is 6.04. The molecule has 3 heteroatoms. The number of hydrogen-bond donors (Lipinski definition) is 1. The van der Waals surface area contributed by atoms with Gasteiger partial charge in [-0.05, 0) is 75.4 Å². The van der Waals surface area contributed by atoms with Crippen molar-refractivity contribution < 1.29 is 4.74 Å². The summed E-state index contributed by atoms with van der Waals surface area (Å²) in [6.45, 7) is 0. The van der Waals surface area contributed by atoms with Crippen LogP contribution in [0.4, 0.5) is 0 Å². The molecular formula is C19H17ClOS. The molecule has 0 N–H and O–H groups in total. The second kappa shape index (κ2) is 6.91. The van der Waals surface area contributed by atoms with Crippen LogP contribution >= 0.6 is 22.5 Å². The first-order chi connectivity index (χ1) is 10.8. The predicted octanol–water partition coefficient (Wildman–Crippen LogP) is 5.83. The largest absolute Gasteiger partial charge is 0.497 e. The van der Waals surface area contributed by atoms with Gasteiger partial charge in [0.05, 0.1) is 7.11 Å². The van der Waals surface area contributed by atoms with Gasteiger partial charge in [-0.25, -0.2) is 0 Å². The molecule has 0 spiro atoms. The maximum Gasteiger partial charge on any atom is 0.118 e. The lowest BCUT2D eigenvalue weighted by molar-refractivity contribution is 0.414. The third-order valence-corrected chi connectivity index (χ3v) is 6.13. The molecule has 0 heterocycles. The molecular weight excluding hydrogens is 312 g/mol. The van der Waals surface area contributed by atoms with Gasteiger partial charge in [-0.1, -0.05) is 29.8 Å². The summed E-state index contributed by atoms with van der Waals surface area (Å²) in [6, 6.07) is 27.1. The molecule has 0 bridgehead atoms. The predicted molar refractivity (Wildman–Crippen MR) is 94.7 cm³/mol. The molecule has 0 aromatic heterocycles. The van der Waals surface area contributed by atoms with Gasteiger partial charge in [-0.15, -0.1) is 0 Å². The topological polar surface area (TPSA) is 9.23 Å². The summed E-state index contributed by atoms with van der Waals surface area (Å²) in [5.74, 6) is 0.878. The molecule has 0 radical (unpaired) electrons. The Labute approximate surface area is 138 Å². The molecule has 112 valence electrons. The molecule has 0 amide bonds. The number of ether oxygens (including phenoxy) is 1. The van der Waals surface area contributed by atoms with Gasteiger partial charge in [0.1, 0.15) is 5.75 Å². The van der Waals surface area contributed by atoms with E-state index >= 15 is 0 Å². The van der Waals surface area contributed by atoms with E-state index in [1.165, 1.54) is 14.7 Å². The third kappa shape index (κ3) is 3.29. The lowest BCUT2D eigenvalue weighted by Gasteiger charge is -2.23. The van der Waals surface area contributed by atoms with Gasteiger partial charge in [0.2, 0.25) is 0 Å². The van der Waals surface area contributed by atoms with Crippen LogP contribution in [-0.4, -0.2) is 7.11 Å². The molecule has 3 rings (SSSR count). The Hall–Kier alpha value is -1.90. The summed E-state index contributed by atoms with van der Waals surface area (Å²) in [6.07, 6.45) is 0. The SMILES string of the molecule is COc1ccc([SH](c2ccccc2)c2ccc(Cl)cc2)cc1. The Morgan fingerprint density at radius 3 is 1.73 bits per heavy atom. The van der Waals surface area contributed by atoms with Gasteiger partial charge in [0.25, 0.3) is 0 Å². The minimum absolute atomic E-state index is 0.590. The summed E-state index contributed by atoms with van der Waals surface area (Å²) in [4.78, 5) is 3.91. The van der Waals surface area contributed by atoms with Crippen LogP contribution in [0.15, 0.2) is 93.5 Å². The van der Waals surface area contributed by atoms with Crippen LogP contribution in [0.25, 0.3) is 0 Å². The summed E-state index contributed by atoms with van der Waals surface area (Å²) in [5, 5.41) is 0.765. The summed E-state index contributed by atoms with van der Waals surface area (Å²) in [5.41, 5.74) is 0. The van der Waals surface area contributed by atoms with E-state index in [2.05, 4.69) is 48.5 Å². The Kier molecular flexibility index (Phi) is 4.71. The van der Waals surface area contributed by atoms with Crippen molar-refractivity contribution in [3.05, 3.63) is 83.9 Å². The molecule has 1 nitrogen and oxygen atoms in total. The van der Waals surface area contributed by atoms with Gasteiger partial charge in [-0.2, -0.15) is 10.9 Å². The standard InChI is InChI=1S/C19H17ClOS/c1-21-16-9-13-19(14-10-16)22(17-5-3-2-4-6-17)18-11-7-15(20)8-12-18/h2-14,22H,1H3. The number of rotatable bonds is 4. The van der Waals surface area contributed by atoms with E-state index in [1.807, 2.05) is 30.3 Å². The van der Waals surface area contributed by atoms with E-state index in [9.17, 15) is 0 Å². The van der Waals surface area contributed by atoms with Crippen molar-refractivity contribution in [1.29, 1.82) is 0 Å². The van der Waals surface area contributed by atoms with Crippen LogP contribution in [0.5, 0.6) is 5.75 Å². The lowest BCUT2D eigenvalue weighted by Crippen LogP contribution is -1.89. The van der Waals surface area contributed by atoms with Crippen LogP contribution in [0.1, 0.15) is 0 Å². The molecule has 0 aliphatic rings. The van der Waals surface area contributed by atoms with Crippen LogP contribution in [0.2, 0.25) is 5.02 Å². The first-order valence-corrected chi connectivity index (χ1v) is 8.75. The fourth-order valence-corrected chi connectivity index (χ4v) is 4.73. The highest BCUT2D eigenvalue weighted by Gasteiger charge is 2.12. The molecule has 3 aromatic rings. The molecule has 22 heavy (non-hydrogen) atoms. The Bertz CT molecular complexity index is 724. The minimum atomic E-state index is -0.590. The van der Waals surface area contributed by atoms with Crippen molar-refractivity contribution in [2.24, 2.45) is 0 Å². The second-order valence-corrected chi connectivity index (χ2v) is 7.50. The summed E-state index contributed by atoms with van der Waals surface area (Å²) in [7, 11) is 1.10. The van der Waals surface area contributed by atoms with Gasteiger partial charge in [0.15, 0.2) is 0 Å². The molecule has 0 saturated carbocycles. The number of benzene rings is 3. The molecule has 0 fully saturated rings. The zero-order chi connectivity index (χ0) is 15.4. The fourth-order valence-electron chi connectivity index (χ4n) is 2.35. The highest BCUT2D eigenvalue weighted by atomic mass is 35.5. The van der Waals surface area contributed by atoms with Gasteiger partial charge in [0, 0.05) is 5.02 Å². The molecule has 0 aliphatic heterocycles. The van der Waals surface area contributed by atoms with Crippen LogP contribution in [0, 0.1) is 0 Å². The van der Waals surface area contributed by atoms with Crippen molar-refractivity contribution in [3.8, 4) is 5.75 Å². The molecule has 1 atom stereocenters. The zero-order valence-electron chi connectivity index (χ0n) is 12.2. The monoisotopic (exact) mass is 328 g/mol. The van der Waals surface area contributed by atoms with E-state index in [0.717, 1.165) is 10.8 Å². The van der Waals surface area contributed by atoms with E-state index in [1.54, 1.807) is 7.11 Å². The van der Waals surface area contributed by atoms with Crippen molar-refractivity contribution in [2.75, 3.05) is 7.11 Å². The van der Waals surface area contributed by atoms with E-state index in [4.69, 9.17) is 16.3 Å². The van der Waals surface area contributed by atoms with E-state index < -0.39 is 10.9 Å². The minimum Gasteiger partial charge on any atom is -0.497 e. The zero-order valence-corrected chi connectivity index (χ0v) is 13.9. The van der Waals surface area contributed by atoms with Crippen molar-refractivity contribution >= 4 is 22.5 Å². The normalized spacial score (nSPS) is 12.7. The average molecular weight is 329 g/mol. The number of halogens is 1. The average Bonchev–Trinajstić information content (AvgIpc) is 2.58. The second-order valence-electron chi connectivity index (χ2n) is 4.85. The van der Waals surface area contributed by atoms with Crippen molar-refractivity contribution in [2.45, 2.75) is 14.7 Å². The van der Waals surface area contributed by atoms with Crippen molar-refractivity contribution in [1.82, 2.24) is 0 Å². The number of hydrogen-bond acceptors (Lipinski definition) is 1. The van der Waals surface area contributed by atoms with Crippen molar-refractivity contribution in [3.63, 3.8) is 0 Å². The van der Waals surface area contributed by atoms with Gasteiger partial charge < -0.3 is 4.74 Å². The van der Waals surface area contributed by atoms with E-state index in [0.29, 0.717) is 0 Å². The Balaban J connectivity index is 2.07. The first-order valence-electron chi connectivity index (χ1n) is 7.03. The maximum atomic E-state index is 6.04. The van der Waals surface area contributed by atoms with Gasteiger partial charge in [-0.3, -0.25) is 0 Å². The van der Waals surface area contributed by atoms with E-state index in [-0.39, 0.29) is 0 Å². The Morgan fingerprint density at radius 2 is 1.18 bits per heavy atom. The number of methoxy groups -OCH3 is 1. The fraction of sp³-hybridized carbons (Fsp3) is 0.0526. The Morgan fingerprint density at radius 1 is 0.682 bits per heavy atom. The van der Waals surface area contributed by atoms with Crippen LogP contribution in [-0.2, 0) is 0 Å². The molecule has 1 unspecified atom stereocenters. The maximum absolute atomic E-state index is 6.04. The molecule has 3 aromatic carbocycles. The van der Waals surface area contributed by atoms with Crippen LogP contribution < -0.4 is 4.74 Å².